The van der Waals surface area contributed by atoms with E-state index in [1.54, 1.807) is 7.05 Å². The molecule has 2 fully saturated rings. The number of nitrogens with zero attached hydrogens (tertiary/aromatic N) is 3. The standard InChI is InChI=1S/C18H26N4O2/c1-21-16(14(11-19)17(23)22(2)18(21)24)20-15(12-7-3-4-8-12)13-9-5-6-10-13/h12-13,15,20H,3-10H2,1-2H3. The van der Waals surface area contributed by atoms with Crippen molar-refractivity contribution >= 4 is 5.82 Å². The third-order valence-electron chi connectivity index (χ3n) is 5.90. The highest BCUT2D eigenvalue weighted by Gasteiger charge is 2.34. The molecule has 1 heterocycles. The highest BCUT2D eigenvalue weighted by atomic mass is 16.2. The zero-order valence-corrected chi connectivity index (χ0v) is 14.5. The van der Waals surface area contributed by atoms with Gasteiger partial charge in [0.05, 0.1) is 0 Å². The second-order valence-corrected chi connectivity index (χ2v) is 7.30. The third-order valence-corrected chi connectivity index (χ3v) is 5.90. The molecule has 2 aliphatic rings. The van der Waals surface area contributed by atoms with Gasteiger partial charge in [0.15, 0.2) is 5.56 Å². The largest absolute Gasteiger partial charge is 0.367 e. The van der Waals surface area contributed by atoms with Crippen LogP contribution in [0.1, 0.15) is 56.9 Å². The number of hydrogen-bond donors (Lipinski definition) is 1. The Balaban J connectivity index is 2.02. The summed E-state index contributed by atoms with van der Waals surface area (Å²) in [5.41, 5.74) is -0.863. The second-order valence-electron chi connectivity index (χ2n) is 7.30. The van der Waals surface area contributed by atoms with Crippen molar-refractivity contribution in [3.63, 3.8) is 0 Å². The van der Waals surface area contributed by atoms with Crippen molar-refractivity contribution in [2.75, 3.05) is 5.32 Å². The average molecular weight is 330 g/mol. The summed E-state index contributed by atoms with van der Waals surface area (Å²) in [6.07, 6.45) is 9.74. The molecule has 0 saturated heterocycles. The van der Waals surface area contributed by atoms with Crippen molar-refractivity contribution in [2.24, 2.45) is 25.9 Å². The lowest BCUT2D eigenvalue weighted by Crippen LogP contribution is -2.43. The van der Waals surface area contributed by atoms with E-state index in [4.69, 9.17) is 0 Å². The van der Waals surface area contributed by atoms with Gasteiger partial charge in [-0.3, -0.25) is 13.9 Å². The van der Waals surface area contributed by atoms with Crippen LogP contribution in [0.3, 0.4) is 0 Å². The van der Waals surface area contributed by atoms with Gasteiger partial charge in [0.1, 0.15) is 11.9 Å². The average Bonchev–Trinajstić information content (AvgIpc) is 3.28. The van der Waals surface area contributed by atoms with E-state index in [2.05, 4.69) is 5.32 Å². The van der Waals surface area contributed by atoms with Gasteiger partial charge in [-0.15, -0.1) is 0 Å². The fraction of sp³-hybridized carbons (Fsp3) is 0.722. The summed E-state index contributed by atoms with van der Waals surface area (Å²) < 4.78 is 2.42. The summed E-state index contributed by atoms with van der Waals surface area (Å²) in [6, 6.07) is 2.25. The molecule has 0 aliphatic heterocycles. The molecule has 0 aromatic carbocycles. The molecule has 0 unspecified atom stereocenters. The molecule has 0 bridgehead atoms. The summed E-state index contributed by atoms with van der Waals surface area (Å²) in [7, 11) is 3.05. The third kappa shape index (κ3) is 2.88. The summed E-state index contributed by atoms with van der Waals surface area (Å²) >= 11 is 0. The van der Waals surface area contributed by atoms with Crippen LogP contribution in [-0.2, 0) is 14.1 Å². The molecule has 1 N–H and O–H groups in total. The molecule has 6 heteroatoms. The minimum Gasteiger partial charge on any atom is -0.367 e. The van der Waals surface area contributed by atoms with Gasteiger partial charge in [0, 0.05) is 20.1 Å². The van der Waals surface area contributed by atoms with Crippen LogP contribution in [-0.4, -0.2) is 15.2 Å². The Hall–Kier alpha value is -2.03. The molecule has 1 aromatic rings. The fourth-order valence-corrected chi connectivity index (χ4v) is 4.53. The molecule has 130 valence electrons. The molecule has 0 radical (unpaired) electrons. The SMILES string of the molecule is Cn1c(NC(C2CCCC2)C2CCCC2)c(C#N)c(=O)n(C)c1=O. The Morgan fingerprint density at radius 1 is 1.00 bits per heavy atom. The van der Waals surface area contributed by atoms with E-state index < -0.39 is 11.2 Å². The minimum atomic E-state index is -0.514. The number of aromatic nitrogens is 2. The Morgan fingerprint density at radius 3 is 1.96 bits per heavy atom. The summed E-state index contributed by atoms with van der Waals surface area (Å²) in [6.45, 7) is 0. The molecule has 0 amide bonds. The van der Waals surface area contributed by atoms with E-state index in [-0.39, 0.29) is 11.6 Å². The molecular formula is C18H26N4O2. The smallest absolute Gasteiger partial charge is 0.332 e. The van der Waals surface area contributed by atoms with E-state index in [0.717, 1.165) is 4.57 Å². The van der Waals surface area contributed by atoms with E-state index in [9.17, 15) is 14.9 Å². The first-order valence-corrected chi connectivity index (χ1v) is 9.01. The lowest BCUT2D eigenvalue weighted by Gasteiger charge is -2.32. The van der Waals surface area contributed by atoms with E-state index in [1.165, 1.54) is 63.0 Å². The number of hydrogen-bond acceptors (Lipinski definition) is 4. The van der Waals surface area contributed by atoms with Gasteiger partial charge in [0.2, 0.25) is 0 Å². The molecule has 6 nitrogen and oxygen atoms in total. The summed E-state index contributed by atoms with van der Waals surface area (Å²) in [5.74, 6) is 1.53. The monoisotopic (exact) mass is 330 g/mol. The van der Waals surface area contributed by atoms with Crippen molar-refractivity contribution in [1.29, 1.82) is 5.26 Å². The zero-order valence-electron chi connectivity index (χ0n) is 14.5. The summed E-state index contributed by atoms with van der Waals surface area (Å²) in [4.78, 5) is 24.6. The Bertz CT molecular complexity index is 743. The van der Waals surface area contributed by atoms with Crippen molar-refractivity contribution in [2.45, 2.75) is 57.4 Å². The van der Waals surface area contributed by atoms with Crippen LogP contribution < -0.4 is 16.6 Å². The van der Waals surface area contributed by atoms with Crippen LogP contribution >= 0.6 is 0 Å². The van der Waals surface area contributed by atoms with Gasteiger partial charge in [-0.05, 0) is 37.5 Å². The van der Waals surface area contributed by atoms with Crippen LogP contribution in [0.5, 0.6) is 0 Å². The molecule has 0 atom stereocenters. The Labute approximate surface area is 142 Å². The van der Waals surface area contributed by atoms with Gasteiger partial charge in [-0.1, -0.05) is 25.7 Å². The maximum atomic E-state index is 12.3. The van der Waals surface area contributed by atoms with Crippen molar-refractivity contribution < 1.29 is 0 Å². The molecule has 2 aliphatic carbocycles. The minimum absolute atomic E-state index is 0.0422. The number of nitrogens with one attached hydrogen (secondary N) is 1. The van der Waals surface area contributed by atoms with Gasteiger partial charge >= 0.3 is 5.69 Å². The Morgan fingerprint density at radius 2 is 1.50 bits per heavy atom. The first-order valence-electron chi connectivity index (χ1n) is 9.01. The van der Waals surface area contributed by atoms with E-state index >= 15 is 0 Å². The zero-order chi connectivity index (χ0) is 17.3. The molecule has 0 spiro atoms. The molecule has 2 saturated carbocycles. The van der Waals surface area contributed by atoms with E-state index in [0.29, 0.717) is 17.7 Å². The quantitative estimate of drug-likeness (QED) is 0.917. The van der Waals surface area contributed by atoms with Crippen LogP contribution in [0.25, 0.3) is 0 Å². The number of nitriles is 1. The summed E-state index contributed by atoms with van der Waals surface area (Å²) in [5, 5.41) is 13.0. The van der Waals surface area contributed by atoms with Crippen LogP contribution in [0.15, 0.2) is 9.59 Å². The normalized spacial score (nSPS) is 19.1. The van der Waals surface area contributed by atoms with Crippen LogP contribution in [0.2, 0.25) is 0 Å². The maximum absolute atomic E-state index is 12.3. The van der Waals surface area contributed by atoms with Gasteiger partial charge < -0.3 is 5.32 Å². The highest BCUT2D eigenvalue weighted by Crippen LogP contribution is 2.38. The second kappa shape index (κ2) is 6.84. The predicted octanol–water partition coefficient (Wildman–Crippen LogP) is 2.12. The van der Waals surface area contributed by atoms with Crippen molar-refractivity contribution in [1.82, 2.24) is 9.13 Å². The number of rotatable bonds is 4. The van der Waals surface area contributed by atoms with E-state index in [1.807, 2.05) is 6.07 Å². The maximum Gasteiger partial charge on any atom is 0.332 e. The first kappa shape index (κ1) is 16.8. The van der Waals surface area contributed by atoms with Crippen LogP contribution in [0, 0.1) is 23.2 Å². The Kier molecular flexibility index (Phi) is 4.79. The fourth-order valence-electron chi connectivity index (χ4n) is 4.53. The predicted molar refractivity (Wildman–Crippen MR) is 93.0 cm³/mol. The lowest BCUT2D eigenvalue weighted by molar-refractivity contribution is 0.336. The molecule has 3 rings (SSSR count). The lowest BCUT2D eigenvalue weighted by atomic mass is 9.86. The molecule has 1 aromatic heterocycles. The van der Waals surface area contributed by atoms with Crippen molar-refractivity contribution in [3.8, 4) is 6.07 Å². The van der Waals surface area contributed by atoms with Gasteiger partial charge in [-0.25, -0.2) is 4.79 Å². The van der Waals surface area contributed by atoms with Gasteiger partial charge in [0.25, 0.3) is 5.56 Å². The molecule has 24 heavy (non-hydrogen) atoms. The van der Waals surface area contributed by atoms with Crippen molar-refractivity contribution in [3.05, 3.63) is 26.4 Å². The van der Waals surface area contributed by atoms with Crippen LogP contribution in [0.4, 0.5) is 5.82 Å². The number of anilines is 1. The molecular weight excluding hydrogens is 304 g/mol. The topological polar surface area (TPSA) is 79.8 Å². The van der Waals surface area contributed by atoms with Gasteiger partial charge in [-0.2, -0.15) is 5.26 Å². The first-order chi connectivity index (χ1) is 11.5. The highest BCUT2D eigenvalue weighted by molar-refractivity contribution is 5.52.